The third kappa shape index (κ3) is 3.50. The fourth-order valence-electron chi connectivity index (χ4n) is 1.13. The summed E-state index contributed by atoms with van der Waals surface area (Å²) >= 11 is 9.19. The molecule has 0 aliphatic rings. The molecule has 1 unspecified atom stereocenters. The Morgan fingerprint density at radius 2 is 2.33 bits per heavy atom. The van der Waals surface area contributed by atoms with Gasteiger partial charge < -0.3 is 9.64 Å². The molecule has 0 fully saturated rings. The van der Waals surface area contributed by atoms with Crippen molar-refractivity contribution in [3.05, 3.63) is 10.7 Å². The van der Waals surface area contributed by atoms with Crippen molar-refractivity contribution in [2.75, 3.05) is 25.6 Å². The number of nitrogens with zero attached hydrogens (tertiary/aromatic N) is 3. The maximum absolute atomic E-state index is 5.89. The van der Waals surface area contributed by atoms with E-state index < -0.39 is 0 Å². The average Bonchev–Trinajstić information content (AvgIpc) is 2.17. The van der Waals surface area contributed by atoms with E-state index in [0.29, 0.717) is 18.4 Å². The molecule has 4 nitrogen and oxygen atoms in total. The minimum absolute atomic E-state index is 0.0493. The van der Waals surface area contributed by atoms with E-state index in [0.717, 1.165) is 4.47 Å². The van der Waals surface area contributed by atoms with E-state index in [4.69, 9.17) is 16.3 Å². The molecule has 0 amide bonds. The molecule has 0 aromatic carbocycles. The van der Waals surface area contributed by atoms with Crippen molar-refractivity contribution in [1.29, 1.82) is 0 Å². The molecule has 6 heteroatoms. The van der Waals surface area contributed by atoms with Crippen molar-refractivity contribution in [2.45, 2.75) is 12.3 Å². The third-order valence-electron chi connectivity index (χ3n) is 1.76. The number of halogens is 2. The summed E-state index contributed by atoms with van der Waals surface area (Å²) in [5, 5.41) is 0.0493. The lowest BCUT2D eigenvalue weighted by Gasteiger charge is -2.18. The Hall–Kier alpha value is -0.550. The second-order valence-electron chi connectivity index (χ2n) is 3.19. The zero-order valence-corrected chi connectivity index (χ0v) is 11.2. The highest BCUT2D eigenvalue weighted by Crippen LogP contribution is 2.23. The highest BCUT2D eigenvalue weighted by molar-refractivity contribution is 9.10. The molecule has 1 rings (SSSR count). The van der Waals surface area contributed by atoms with Crippen LogP contribution in [0.15, 0.2) is 10.7 Å². The molecule has 15 heavy (non-hydrogen) atoms. The molecular formula is C9H13BrClN3O. The zero-order chi connectivity index (χ0) is 11.4. The molecule has 0 aliphatic carbocycles. The smallest absolute Gasteiger partial charge is 0.232 e. The molecule has 0 aliphatic heterocycles. The molecule has 1 atom stereocenters. The van der Waals surface area contributed by atoms with Gasteiger partial charge in [-0.1, -0.05) is 0 Å². The van der Waals surface area contributed by atoms with Crippen LogP contribution in [0.5, 0.6) is 5.88 Å². The Labute approximate surface area is 103 Å². The van der Waals surface area contributed by atoms with Crippen LogP contribution < -0.4 is 9.64 Å². The molecule has 0 saturated carbocycles. The monoisotopic (exact) mass is 293 g/mol. The zero-order valence-electron chi connectivity index (χ0n) is 8.87. The first-order valence-electron chi connectivity index (χ1n) is 4.46. The summed E-state index contributed by atoms with van der Waals surface area (Å²) < 4.78 is 5.82. The van der Waals surface area contributed by atoms with Crippen LogP contribution in [0.3, 0.4) is 0 Å². The van der Waals surface area contributed by atoms with E-state index in [2.05, 4.69) is 25.9 Å². The highest BCUT2D eigenvalue weighted by atomic mass is 79.9. The summed E-state index contributed by atoms with van der Waals surface area (Å²) in [6.07, 6.45) is 1.66. The van der Waals surface area contributed by atoms with Gasteiger partial charge in [0.1, 0.15) is 0 Å². The molecular weight excluding hydrogens is 281 g/mol. The van der Waals surface area contributed by atoms with E-state index in [9.17, 15) is 0 Å². The Balaban J connectivity index is 2.85. The van der Waals surface area contributed by atoms with Crippen LogP contribution in [0.1, 0.15) is 6.92 Å². The summed E-state index contributed by atoms with van der Waals surface area (Å²) in [6.45, 7) is 2.61. The van der Waals surface area contributed by atoms with Crippen LogP contribution in [0.25, 0.3) is 0 Å². The average molecular weight is 295 g/mol. The standard InChI is InChI=1S/C9H13BrClN3O/c1-6(11)5-14(2)9-12-4-7(10)8(13-9)15-3/h4,6H,5H2,1-3H3. The van der Waals surface area contributed by atoms with Gasteiger partial charge in [0.2, 0.25) is 11.8 Å². The minimum Gasteiger partial charge on any atom is -0.480 e. The first-order valence-corrected chi connectivity index (χ1v) is 5.69. The van der Waals surface area contributed by atoms with E-state index in [1.807, 2.05) is 18.9 Å². The Morgan fingerprint density at radius 3 is 2.87 bits per heavy atom. The summed E-state index contributed by atoms with van der Waals surface area (Å²) in [5.41, 5.74) is 0. The van der Waals surface area contributed by atoms with Crippen LogP contribution >= 0.6 is 27.5 Å². The van der Waals surface area contributed by atoms with Crippen LogP contribution in [-0.4, -0.2) is 36.0 Å². The number of hydrogen-bond acceptors (Lipinski definition) is 4. The number of anilines is 1. The van der Waals surface area contributed by atoms with Crippen LogP contribution in [0.2, 0.25) is 0 Å². The highest BCUT2D eigenvalue weighted by Gasteiger charge is 2.10. The van der Waals surface area contributed by atoms with Crippen LogP contribution in [-0.2, 0) is 0 Å². The Morgan fingerprint density at radius 1 is 1.67 bits per heavy atom. The topological polar surface area (TPSA) is 38.2 Å². The van der Waals surface area contributed by atoms with E-state index in [-0.39, 0.29) is 5.38 Å². The summed E-state index contributed by atoms with van der Waals surface area (Å²) in [5.74, 6) is 1.12. The molecule has 0 saturated heterocycles. The van der Waals surface area contributed by atoms with Gasteiger partial charge in [-0.05, 0) is 22.9 Å². The number of hydrogen-bond donors (Lipinski definition) is 0. The molecule has 1 aromatic heterocycles. The number of aromatic nitrogens is 2. The van der Waals surface area contributed by atoms with E-state index in [1.165, 1.54) is 0 Å². The van der Waals surface area contributed by atoms with Crippen molar-refractivity contribution >= 4 is 33.5 Å². The lowest BCUT2D eigenvalue weighted by atomic mass is 10.4. The minimum atomic E-state index is 0.0493. The molecule has 84 valence electrons. The predicted molar refractivity (Wildman–Crippen MR) is 64.9 cm³/mol. The number of methoxy groups -OCH3 is 1. The molecule has 0 radical (unpaired) electrons. The van der Waals surface area contributed by atoms with Gasteiger partial charge in [-0.3, -0.25) is 0 Å². The number of alkyl halides is 1. The van der Waals surface area contributed by atoms with Gasteiger partial charge in [0.15, 0.2) is 0 Å². The van der Waals surface area contributed by atoms with Gasteiger partial charge in [0.25, 0.3) is 0 Å². The van der Waals surface area contributed by atoms with Gasteiger partial charge in [0, 0.05) is 19.0 Å². The quantitative estimate of drug-likeness (QED) is 0.799. The fraction of sp³-hybridized carbons (Fsp3) is 0.556. The second-order valence-corrected chi connectivity index (χ2v) is 4.79. The molecule has 0 spiro atoms. The summed E-state index contributed by atoms with van der Waals surface area (Å²) in [6, 6.07) is 0. The summed E-state index contributed by atoms with van der Waals surface area (Å²) in [7, 11) is 3.46. The fourth-order valence-corrected chi connectivity index (χ4v) is 1.69. The van der Waals surface area contributed by atoms with E-state index in [1.54, 1.807) is 13.3 Å². The molecule has 1 aromatic rings. The maximum Gasteiger partial charge on any atom is 0.232 e. The second kappa shape index (κ2) is 5.51. The first-order chi connectivity index (χ1) is 7.04. The Kier molecular flexibility index (Phi) is 4.60. The van der Waals surface area contributed by atoms with Crippen molar-refractivity contribution in [1.82, 2.24) is 9.97 Å². The largest absolute Gasteiger partial charge is 0.480 e. The SMILES string of the molecule is COc1nc(N(C)CC(C)Cl)ncc1Br. The van der Waals surface area contributed by atoms with Gasteiger partial charge in [0.05, 0.1) is 17.8 Å². The van der Waals surface area contributed by atoms with Crippen LogP contribution in [0, 0.1) is 0 Å². The lowest BCUT2D eigenvalue weighted by molar-refractivity contribution is 0.394. The van der Waals surface area contributed by atoms with Crippen molar-refractivity contribution < 1.29 is 4.74 Å². The Bertz CT molecular complexity index is 335. The number of ether oxygens (including phenoxy) is 1. The van der Waals surface area contributed by atoms with Crippen LogP contribution in [0.4, 0.5) is 5.95 Å². The van der Waals surface area contributed by atoms with Gasteiger partial charge >= 0.3 is 0 Å². The predicted octanol–water partition coefficient (Wildman–Crippen LogP) is 2.31. The molecule has 0 N–H and O–H groups in total. The molecule has 1 heterocycles. The molecule has 0 bridgehead atoms. The van der Waals surface area contributed by atoms with Crippen molar-refractivity contribution in [2.24, 2.45) is 0 Å². The van der Waals surface area contributed by atoms with Gasteiger partial charge in [-0.15, -0.1) is 11.6 Å². The third-order valence-corrected chi connectivity index (χ3v) is 2.44. The van der Waals surface area contributed by atoms with Gasteiger partial charge in [-0.25, -0.2) is 4.98 Å². The van der Waals surface area contributed by atoms with Crippen molar-refractivity contribution in [3.63, 3.8) is 0 Å². The lowest BCUT2D eigenvalue weighted by Crippen LogP contribution is -2.26. The van der Waals surface area contributed by atoms with Gasteiger partial charge in [-0.2, -0.15) is 4.98 Å². The maximum atomic E-state index is 5.89. The normalized spacial score (nSPS) is 12.3. The first kappa shape index (κ1) is 12.5. The number of rotatable bonds is 4. The summed E-state index contributed by atoms with van der Waals surface area (Å²) in [4.78, 5) is 10.3. The van der Waals surface area contributed by atoms with Crippen molar-refractivity contribution in [3.8, 4) is 5.88 Å². The van der Waals surface area contributed by atoms with E-state index >= 15 is 0 Å².